The lowest BCUT2D eigenvalue weighted by atomic mass is 10.1. The number of hydrogen-bond donors (Lipinski definition) is 1. The Morgan fingerprint density at radius 1 is 1.47 bits per heavy atom. The Balaban J connectivity index is 2.93. The van der Waals surface area contributed by atoms with Crippen molar-refractivity contribution in [2.24, 2.45) is 0 Å². The third-order valence-corrected chi connectivity index (χ3v) is 2.33. The van der Waals surface area contributed by atoms with Crippen molar-refractivity contribution >= 4 is 5.82 Å². The molecule has 17 heavy (non-hydrogen) atoms. The predicted molar refractivity (Wildman–Crippen MR) is 70.6 cm³/mol. The number of nitrogens with one attached hydrogen (secondary N) is 1. The zero-order valence-corrected chi connectivity index (χ0v) is 10.9. The molecular formula is C13H21N3O. The van der Waals surface area contributed by atoms with Gasteiger partial charge in [0.05, 0.1) is 12.2 Å². The lowest BCUT2D eigenvalue weighted by Crippen LogP contribution is -2.09. The maximum absolute atomic E-state index is 5.66. The quantitative estimate of drug-likeness (QED) is 0.583. The van der Waals surface area contributed by atoms with Crippen molar-refractivity contribution in [2.45, 2.75) is 33.1 Å². The van der Waals surface area contributed by atoms with Crippen molar-refractivity contribution in [1.82, 2.24) is 9.97 Å². The van der Waals surface area contributed by atoms with Crippen LogP contribution in [0.25, 0.3) is 0 Å². The fraction of sp³-hybridized carbons (Fsp3) is 0.538. The Morgan fingerprint density at radius 3 is 2.82 bits per heavy atom. The van der Waals surface area contributed by atoms with Crippen LogP contribution >= 0.6 is 0 Å². The van der Waals surface area contributed by atoms with E-state index in [-0.39, 0.29) is 0 Å². The van der Waals surface area contributed by atoms with E-state index in [4.69, 9.17) is 4.74 Å². The summed E-state index contributed by atoms with van der Waals surface area (Å²) in [5.41, 5.74) is 1.04. The molecule has 1 rings (SSSR count). The van der Waals surface area contributed by atoms with Crippen LogP contribution in [-0.4, -0.2) is 23.1 Å². The standard InChI is InChI=1S/C13H21N3O/c1-5-7-8-17-13-11(10(3)4)12(14-6-2)15-9-16-13/h5,9-10H,1,6-8H2,2-4H3,(H,14,15,16). The first-order valence-corrected chi connectivity index (χ1v) is 6.03. The van der Waals surface area contributed by atoms with Crippen LogP contribution in [0.4, 0.5) is 5.82 Å². The maximum atomic E-state index is 5.66. The van der Waals surface area contributed by atoms with Gasteiger partial charge in [-0.1, -0.05) is 19.9 Å². The van der Waals surface area contributed by atoms with Crippen molar-refractivity contribution in [1.29, 1.82) is 0 Å². The second-order valence-corrected chi connectivity index (χ2v) is 4.05. The Bertz CT molecular complexity index is 364. The highest BCUT2D eigenvalue weighted by atomic mass is 16.5. The van der Waals surface area contributed by atoms with Crippen LogP contribution in [0.3, 0.4) is 0 Å². The van der Waals surface area contributed by atoms with Gasteiger partial charge < -0.3 is 10.1 Å². The lowest BCUT2D eigenvalue weighted by Gasteiger charge is -2.16. The van der Waals surface area contributed by atoms with Crippen LogP contribution in [0.2, 0.25) is 0 Å². The fourth-order valence-electron chi connectivity index (χ4n) is 1.56. The van der Waals surface area contributed by atoms with Crippen molar-refractivity contribution in [3.63, 3.8) is 0 Å². The Hall–Kier alpha value is -1.58. The van der Waals surface area contributed by atoms with Crippen molar-refractivity contribution in [3.8, 4) is 5.88 Å². The van der Waals surface area contributed by atoms with E-state index in [9.17, 15) is 0 Å². The fourth-order valence-corrected chi connectivity index (χ4v) is 1.56. The Morgan fingerprint density at radius 2 is 2.24 bits per heavy atom. The normalized spacial score (nSPS) is 10.4. The van der Waals surface area contributed by atoms with Crippen LogP contribution in [0.5, 0.6) is 5.88 Å². The molecule has 0 aliphatic heterocycles. The minimum absolute atomic E-state index is 0.323. The van der Waals surface area contributed by atoms with Crippen molar-refractivity contribution < 1.29 is 4.74 Å². The summed E-state index contributed by atoms with van der Waals surface area (Å²) in [6.07, 6.45) is 4.19. The highest BCUT2D eigenvalue weighted by molar-refractivity contribution is 5.50. The van der Waals surface area contributed by atoms with Crippen molar-refractivity contribution in [2.75, 3.05) is 18.5 Å². The molecule has 4 heteroatoms. The summed E-state index contributed by atoms with van der Waals surface area (Å²) in [6, 6.07) is 0. The molecule has 0 saturated heterocycles. The van der Waals surface area contributed by atoms with Crippen LogP contribution in [0.1, 0.15) is 38.7 Å². The largest absolute Gasteiger partial charge is 0.477 e. The van der Waals surface area contributed by atoms with Crippen LogP contribution in [0.15, 0.2) is 19.0 Å². The van der Waals surface area contributed by atoms with E-state index in [0.717, 1.165) is 24.3 Å². The van der Waals surface area contributed by atoms with Gasteiger partial charge in [0.15, 0.2) is 0 Å². The third-order valence-electron chi connectivity index (χ3n) is 2.33. The minimum Gasteiger partial charge on any atom is -0.477 e. The molecule has 1 aromatic heterocycles. The number of nitrogens with zero attached hydrogens (tertiary/aromatic N) is 2. The second kappa shape index (κ2) is 6.89. The van der Waals surface area contributed by atoms with Gasteiger partial charge in [0, 0.05) is 6.54 Å². The molecule has 0 amide bonds. The maximum Gasteiger partial charge on any atom is 0.222 e. The molecular weight excluding hydrogens is 214 g/mol. The third kappa shape index (κ3) is 3.73. The van der Waals surface area contributed by atoms with E-state index in [1.54, 1.807) is 0 Å². The molecule has 1 heterocycles. The summed E-state index contributed by atoms with van der Waals surface area (Å²) >= 11 is 0. The van der Waals surface area contributed by atoms with E-state index < -0.39 is 0 Å². The first kappa shape index (κ1) is 13.5. The highest BCUT2D eigenvalue weighted by Crippen LogP contribution is 2.29. The van der Waals surface area contributed by atoms with Gasteiger partial charge in [-0.15, -0.1) is 6.58 Å². The van der Waals surface area contributed by atoms with Crippen LogP contribution in [0, 0.1) is 0 Å². The summed E-state index contributed by atoms with van der Waals surface area (Å²) in [6.45, 7) is 11.4. The van der Waals surface area contributed by atoms with Crippen LogP contribution < -0.4 is 10.1 Å². The molecule has 1 aromatic rings. The zero-order valence-electron chi connectivity index (χ0n) is 10.9. The number of aromatic nitrogens is 2. The topological polar surface area (TPSA) is 47.0 Å². The molecule has 0 aliphatic rings. The molecule has 0 unspecified atom stereocenters. The van der Waals surface area contributed by atoms with Gasteiger partial charge in [0.1, 0.15) is 12.1 Å². The molecule has 0 aliphatic carbocycles. The lowest BCUT2D eigenvalue weighted by molar-refractivity contribution is 0.307. The van der Waals surface area contributed by atoms with Gasteiger partial charge in [0.2, 0.25) is 5.88 Å². The smallest absolute Gasteiger partial charge is 0.222 e. The molecule has 1 N–H and O–H groups in total. The number of ether oxygens (including phenoxy) is 1. The number of anilines is 1. The molecule has 0 radical (unpaired) electrons. The van der Waals surface area contributed by atoms with Gasteiger partial charge >= 0.3 is 0 Å². The van der Waals surface area contributed by atoms with Gasteiger partial charge in [-0.2, -0.15) is 0 Å². The zero-order chi connectivity index (χ0) is 12.7. The summed E-state index contributed by atoms with van der Waals surface area (Å²) in [7, 11) is 0. The first-order chi connectivity index (χ1) is 8.20. The van der Waals surface area contributed by atoms with Gasteiger partial charge in [0.25, 0.3) is 0 Å². The first-order valence-electron chi connectivity index (χ1n) is 6.03. The van der Waals surface area contributed by atoms with Crippen LogP contribution in [-0.2, 0) is 0 Å². The molecule has 0 fully saturated rings. The second-order valence-electron chi connectivity index (χ2n) is 4.05. The van der Waals surface area contributed by atoms with Gasteiger partial charge in [-0.05, 0) is 19.3 Å². The summed E-state index contributed by atoms with van der Waals surface area (Å²) < 4.78 is 5.66. The molecule has 0 bridgehead atoms. The number of hydrogen-bond acceptors (Lipinski definition) is 4. The highest BCUT2D eigenvalue weighted by Gasteiger charge is 2.15. The SMILES string of the molecule is C=CCCOc1ncnc(NCC)c1C(C)C. The Kier molecular flexibility index (Phi) is 5.46. The predicted octanol–water partition coefficient (Wildman–Crippen LogP) is 2.99. The minimum atomic E-state index is 0.323. The number of rotatable bonds is 7. The van der Waals surface area contributed by atoms with E-state index in [1.165, 1.54) is 6.33 Å². The Labute approximate surface area is 103 Å². The van der Waals surface area contributed by atoms with Gasteiger partial charge in [-0.25, -0.2) is 9.97 Å². The molecule has 94 valence electrons. The molecule has 0 aromatic carbocycles. The summed E-state index contributed by atoms with van der Waals surface area (Å²) in [5.74, 6) is 1.86. The van der Waals surface area contributed by atoms with E-state index in [1.807, 2.05) is 13.0 Å². The van der Waals surface area contributed by atoms with Gasteiger partial charge in [-0.3, -0.25) is 0 Å². The van der Waals surface area contributed by atoms with E-state index in [2.05, 4.69) is 35.7 Å². The average molecular weight is 235 g/mol. The van der Waals surface area contributed by atoms with E-state index in [0.29, 0.717) is 18.4 Å². The average Bonchev–Trinajstić information content (AvgIpc) is 2.29. The van der Waals surface area contributed by atoms with Crippen molar-refractivity contribution in [3.05, 3.63) is 24.5 Å². The molecule has 4 nitrogen and oxygen atoms in total. The molecule has 0 spiro atoms. The molecule has 0 atom stereocenters. The summed E-state index contributed by atoms with van der Waals surface area (Å²) in [5, 5.41) is 3.24. The summed E-state index contributed by atoms with van der Waals surface area (Å²) in [4.78, 5) is 8.46. The molecule has 0 saturated carbocycles. The van der Waals surface area contributed by atoms with E-state index >= 15 is 0 Å². The monoisotopic (exact) mass is 235 g/mol.